The van der Waals surface area contributed by atoms with Gasteiger partial charge < -0.3 is 10.5 Å². The normalized spacial score (nSPS) is 12.6. The van der Waals surface area contributed by atoms with Crippen molar-refractivity contribution in [3.63, 3.8) is 0 Å². The van der Waals surface area contributed by atoms with Gasteiger partial charge in [-0.25, -0.2) is 0 Å². The van der Waals surface area contributed by atoms with E-state index in [1.54, 1.807) is 0 Å². The lowest BCUT2D eigenvalue weighted by Crippen LogP contribution is -2.10. The summed E-state index contributed by atoms with van der Waals surface area (Å²) < 4.78 is 5.63. The van der Waals surface area contributed by atoms with E-state index in [1.165, 1.54) is 22.3 Å². The van der Waals surface area contributed by atoms with Crippen LogP contribution in [0.4, 0.5) is 0 Å². The molecule has 0 heterocycles. The highest BCUT2D eigenvalue weighted by atomic mass is 16.5. The van der Waals surface area contributed by atoms with E-state index in [4.69, 9.17) is 10.5 Å². The first-order valence-corrected chi connectivity index (χ1v) is 9.03. The number of ether oxygens (including phenoxy) is 1. The summed E-state index contributed by atoms with van der Waals surface area (Å²) in [6, 6.07) is 29.6. The summed E-state index contributed by atoms with van der Waals surface area (Å²) in [5.41, 5.74) is 10.6. The van der Waals surface area contributed by atoms with Gasteiger partial charge in [-0.2, -0.15) is 0 Å². The third-order valence-corrected chi connectivity index (χ3v) is 4.46. The maximum Gasteiger partial charge on any atom is 0.119 e. The quantitative estimate of drug-likeness (QED) is 0.635. The Hall–Kier alpha value is -2.84. The Balaban J connectivity index is 2.02. The Morgan fingerprint density at radius 1 is 0.846 bits per heavy atom. The molecule has 0 amide bonds. The third-order valence-electron chi connectivity index (χ3n) is 4.46. The summed E-state index contributed by atoms with van der Waals surface area (Å²) in [6.45, 7) is 3.16. The molecule has 0 bridgehead atoms. The van der Waals surface area contributed by atoms with Crippen LogP contribution in [-0.4, -0.2) is 13.2 Å². The van der Waals surface area contributed by atoms with Gasteiger partial charge in [0.15, 0.2) is 0 Å². The van der Waals surface area contributed by atoms with E-state index in [2.05, 4.69) is 85.8 Å². The fourth-order valence-corrected chi connectivity index (χ4v) is 3.26. The highest BCUT2D eigenvalue weighted by Gasteiger charge is 2.19. The number of benzene rings is 3. The molecule has 0 aromatic heterocycles. The second-order valence-electron chi connectivity index (χ2n) is 6.16. The lowest BCUT2D eigenvalue weighted by atomic mass is 9.81. The third kappa shape index (κ3) is 4.22. The van der Waals surface area contributed by atoms with E-state index in [0.29, 0.717) is 13.2 Å². The molecule has 0 aliphatic heterocycles. The fourth-order valence-electron chi connectivity index (χ4n) is 3.26. The van der Waals surface area contributed by atoms with Crippen molar-refractivity contribution in [3.05, 3.63) is 108 Å². The molecule has 2 N–H and O–H groups in total. The highest BCUT2D eigenvalue weighted by molar-refractivity contribution is 5.75. The first-order valence-electron chi connectivity index (χ1n) is 9.03. The van der Waals surface area contributed by atoms with Crippen LogP contribution in [0.5, 0.6) is 5.75 Å². The summed E-state index contributed by atoms with van der Waals surface area (Å²) in [5, 5.41) is 0. The largest absolute Gasteiger partial charge is 0.492 e. The molecule has 0 spiro atoms. The van der Waals surface area contributed by atoms with Crippen LogP contribution in [0.2, 0.25) is 0 Å². The Morgan fingerprint density at radius 2 is 1.42 bits per heavy atom. The highest BCUT2D eigenvalue weighted by Crippen LogP contribution is 2.38. The fraction of sp³-hybridized carbons (Fsp3) is 0.167. The number of hydrogen-bond donors (Lipinski definition) is 1. The van der Waals surface area contributed by atoms with Crippen molar-refractivity contribution in [2.45, 2.75) is 12.8 Å². The van der Waals surface area contributed by atoms with Gasteiger partial charge in [-0.1, -0.05) is 78.9 Å². The van der Waals surface area contributed by atoms with Gasteiger partial charge in [0.1, 0.15) is 12.4 Å². The Labute approximate surface area is 155 Å². The molecule has 3 aromatic rings. The van der Waals surface area contributed by atoms with Crippen molar-refractivity contribution in [1.82, 2.24) is 0 Å². The number of rotatable bonds is 7. The minimum absolute atomic E-state index is 0.173. The molecule has 3 aromatic carbocycles. The number of allylic oxidation sites excluding steroid dienone is 2. The van der Waals surface area contributed by atoms with Crippen molar-refractivity contribution < 1.29 is 4.74 Å². The maximum atomic E-state index is 5.63. The molecule has 0 aliphatic carbocycles. The van der Waals surface area contributed by atoms with E-state index in [1.807, 2.05) is 12.1 Å². The van der Waals surface area contributed by atoms with Crippen molar-refractivity contribution in [1.29, 1.82) is 0 Å². The lowest BCUT2D eigenvalue weighted by Gasteiger charge is -2.22. The number of hydrogen-bond acceptors (Lipinski definition) is 2. The van der Waals surface area contributed by atoms with E-state index in [0.717, 1.165) is 5.75 Å². The SMILES string of the molecule is C/C=C(/c1ccccc1)C(c1ccccc1)c1ccc(OCCN)cc1. The van der Waals surface area contributed by atoms with Gasteiger partial charge >= 0.3 is 0 Å². The second kappa shape index (κ2) is 9.02. The molecule has 0 radical (unpaired) electrons. The first-order chi connectivity index (χ1) is 12.8. The van der Waals surface area contributed by atoms with Crippen LogP contribution < -0.4 is 10.5 Å². The van der Waals surface area contributed by atoms with E-state index >= 15 is 0 Å². The molecule has 0 saturated carbocycles. The molecule has 0 fully saturated rings. The average Bonchev–Trinajstić information content (AvgIpc) is 2.72. The zero-order chi connectivity index (χ0) is 18.2. The monoisotopic (exact) mass is 343 g/mol. The van der Waals surface area contributed by atoms with Crippen LogP contribution in [0, 0.1) is 0 Å². The molecule has 0 aliphatic rings. The van der Waals surface area contributed by atoms with Crippen LogP contribution in [-0.2, 0) is 0 Å². The van der Waals surface area contributed by atoms with Crippen LogP contribution in [0.15, 0.2) is 91.0 Å². The smallest absolute Gasteiger partial charge is 0.119 e. The molecular weight excluding hydrogens is 318 g/mol. The van der Waals surface area contributed by atoms with Crippen molar-refractivity contribution in [2.75, 3.05) is 13.2 Å². The van der Waals surface area contributed by atoms with Gasteiger partial charge in [0.05, 0.1) is 0 Å². The topological polar surface area (TPSA) is 35.2 Å². The molecule has 3 rings (SSSR count). The predicted octanol–water partition coefficient (Wildman–Crippen LogP) is 5.26. The van der Waals surface area contributed by atoms with Crippen molar-refractivity contribution in [3.8, 4) is 5.75 Å². The minimum Gasteiger partial charge on any atom is -0.492 e. The summed E-state index contributed by atoms with van der Waals surface area (Å²) in [7, 11) is 0. The maximum absolute atomic E-state index is 5.63. The predicted molar refractivity (Wildman–Crippen MR) is 109 cm³/mol. The van der Waals surface area contributed by atoms with Gasteiger partial charge in [-0.05, 0) is 41.3 Å². The Kier molecular flexibility index (Phi) is 6.24. The van der Waals surface area contributed by atoms with Gasteiger partial charge in [0.2, 0.25) is 0 Å². The van der Waals surface area contributed by atoms with Crippen molar-refractivity contribution >= 4 is 5.57 Å². The summed E-state index contributed by atoms with van der Waals surface area (Å²) in [4.78, 5) is 0. The van der Waals surface area contributed by atoms with Gasteiger partial charge in [-0.3, -0.25) is 0 Å². The molecule has 1 atom stereocenters. The van der Waals surface area contributed by atoms with Gasteiger partial charge in [0.25, 0.3) is 0 Å². The van der Waals surface area contributed by atoms with Crippen LogP contribution >= 0.6 is 0 Å². The minimum atomic E-state index is 0.173. The average molecular weight is 343 g/mol. The van der Waals surface area contributed by atoms with Crippen LogP contribution in [0.25, 0.3) is 5.57 Å². The first kappa shape index (κ1) is 18.0. The summed E-state index contributed by atoms with van der Waals surface area (Å²) in [5.74, 6) is 1.03. The molecule has 2 heteroatoms. The molecule has 1 unspecified atom stereocenters. The van der Waals surface area contributed by atoms with E-state index < -0.39 is 0 Å². The Bertz CT molecular complexity index is 823. The molecule has 26 heavy (non-hydrogen) atoms. The standard InChI is InChI=1S/C24H25NO/c1-2-23(19-9-5-3-6-10-19)24(20-11-7-4-8-12-20)21-13-15-22(16-14-21)26-18-17-25/h2-16,24H,17-18,25H2,1H3/b23-2-. The van der Waals surface area contributed by atoms with Gasteiger partial charge in [-0.15, -0.1) is 0 Å². The summed E-state index contributed by atoms with van der Waals surface area (Å²) >= 11 is 0. The van der Waals surface area contributed by atoms with Crippen LogP contribution in [0.3, 0.4) is 0 Å². The van der Waals surface area contributed by atoms with Crippen LogP contribution in [0.1, 0.15) is 29.5 Å². The van der Waals surface area contributed by atoms with E-state index in [9.17, 15) is 0 Å². The Morgan fingerprint density at radius 3 is 2.00 bits per heavy atom. The molecule has 0 saturated heterocycles. The number of nitrogens with two attached hydrogens (primary N) is 1. The zero-order valence-electron chi connectivity index (χ0n) is 15.1. The summed E-state index contributed by atoms with van der Waals surface area (Å²) in [6.07, 6.45) is 2.21. The van der Waals surface area contributed by atoms with Gasteiger partial charge in [0, 0.05) is 12.5 Å². The molecule has 132 valence electrons. The molecule has 2 nitrogen and oxygen atoms in total. The molecular formula is C24H25NO. The second-order valence-corrected chi connectivity index (χ2v) is 6.16. The zero-order valence-corrected chi connectivity index (χ0v) is 15.1. The van der Waals surface area contributed by atoms with Crippen molar-refractivity contribution in [2.24, 2.45) is 5.73 Å². The van der Waals surface area contributed by atoms with E-state index in [-0.39, 0.29) is 5.92 Å². The lowest BCUT2D eigenvalue weighted by molar-refractivity contribution is 0.328.